The standard InChI is InChI=1S/C23H21F4N3O4S/c1-34-19-10-15(9-16(19)21(31)30-22(12-28)6-7-22)35(32,33)20-5-2-13(8-17(20)23(25,26)27)18-4-3-14(24)11-29-18/h2-5,8,11,15-16,19H,6-7,9-10H2,1H3,(H,30,31)/t15?,16-,19-/m1/s1. The number of carbonyl (C=O) groups excluding carboxylic acids is 1. The summed E-state index contributed by atoms with van der Waals surface area (Å²) in [4.78, 5) is 15.6. The summed E-state index contributed by atoms with van der Waals surface area (Å²) in [5.74, 6) is -2.15. The number of nitrogens with zero attached hydrogens (tertiary/aromatic N) is 2. The van der Waals surface area contributed by atoms with Gasteiger partial charge in [-0.2, -0.15) is 18.4 Å². The zero-order valence-electron chi connectivity index (χ0n) is 18.5. The van der Waals surface area contributed by atoms with Crippen LogP contribution in [-0.4, -0.2) is 43.3 Å². The SMILES string of the molecule is CO[C@@H]1CC(S(=O)(=O)c2ccc(-c3ccc(F)cn3)cc2C(F)(F)F)C[C@H]1C(=O)NC1(C#N)CC1. The van der Waals surface area contributed by atoms with Gasteiger partial charge in [-0.1, -0.05) is 6.07 Å². The Hall–Kier alpha value is -3.04. The third kappa shape index (κ3) is 4.88. The molecule has 4 rings (SSSR count). The lowest BCUT2D eigenvalue weighted by atomic mass is 10.0. The van der Waals surface area contributed by atoms with Crippen LogP contribution in [0.4, 0.5) is 17.6 Å². The van der Waals surface area contributed by atoms with E-state index in [2.05, 4.69) is 10.3 Å². The molecule has 12 heteroatoms. The van der Waals surface area contributed by atoms with Crippen LogP contribution in [0.15, 0.2) is 41.4 Å². The monoisotopic (exact) mass is 511 g/mol. The van der Waals surface area contributed by atoms with Crippen LogP contribution in [0.2, 0.25) is 0 Å². The molecule has 1 unspecified atom stereocenters. The van der Waals surface area contributed by atoms with Crippen molar-refractivity contribution in [3.8, 4) is 17.3 Å². The summed E-state index contributed by atoms with van der Waals surface area (Å²) in [6.07, 6.45) is -4.44. The fourth-order valence-corrected chi connectivity index (χ4v) is 6.35. The van der Waals surface area contributed by atoms with Gasteiger partial charge in [0, 0.05) is 12.7 Å². The minimum Gasteiger partial charge on any atom is -0.381 e. The molecule has 0 bridgehead atoms. The molecule has 2 aliphatic carbocycles. The lowest BCUT2D eigenvalue weighted by Crippen LogP contribution is -2.42. The van der Waals surface area contributed by atoms with Crippen LogP contribution < -0.4 is 5.32 Å². The number of hydrogen-bond acceptors (Lipinski definition) is 6. The number of nitrogens with one attached hydrogen (secondary N) is 1. The highest BCUT2D eigenvalue weighted by Gasteiger charge is 2.51. The first-order chi connectivity index (χ1) is 16.4. The molecule has 0 saturated heterocycles. The van der Waals surface area contributed by atoms with E-state index in [-0.39, 0.29) is 24.1 Å². The largest absolute Gasteiger partial charge is 0.417 e. The molecular formula is C23H21F4N3O4S. The van der Waals surface area contributed by atoms with Crippen molar-refractivity contribution in [1.82, 2.24) is 10.3 Å². The molecule has 2 saturated carbocycles. The number of aromatic nitrogens is 1. The number of nitriles is 1. The molecule has 35 heavy (non-hydrogen) atoms. The van der Waals surface area contributed by atoms with E-state index in [4.69, 9.17) is 4.74 Å². The summed E-state index contributed by atoms with van der Waals surface area (Å²) in [7, 11) is -3.23. The Balaban J connectivity index is 1.66. The van der Waals surface area contributed by atoms with Gasteiger partial charge in [-0.05, 0) is 49.9 Å². The van der Waals surface area contributed by atoms with Gasteiger partial charge < -0.3 is 10.1 Å². The van der Waals surface area contributed by atoms with Gasteiger partial charge in [0.15, 0.2) is 9.84 Å². The van der Waals surface area contributed by atoms with Crippen molar-refractivity contribution in [2.45, 2.75) is 53.6 Å². The van der Waals surface area contributed by atoms with Crippen molar-refractivity contribution in [1.29, 1.82) is 5.26 Å². The Morgan fingerprint density at radius 1 is 1.23 bits per heavy atom. The number of sulfone groups is 1. The zero-order valence-corrected chi connectivity index (χ0v) is 19.3. The first-order valence-corrected chi connectivity index (χ1v) is 12.3. The van der Waals surface area contributed by atoms with E-state index in [1.165, 1.54) is 19.2 Å². The molecule has 0 radical (unpaired) electrons. The van der Waals surface area contributed by atoms with Gasteiger partial charge in [-0.15, -0.1) is 0 Å². The van der Waals surface area contributed by atoms with Crippen LogP contribution in [0.5, 0.6) is 0 Å². The van der Waals surface area contributed by atoms with E-state index in [0.29, 0.717) is 18.9 Å². The molecule has 1 amide bonds. The molecule has 2 aromatic rings. The molecule has 2 aliphatic rings. The predicted octanol–water partition coefficient (Wildman–Crippen LogP) is 3.65. The highest BCUT2D eigenvalue weighted by molar-refractivity contribution is 7.92. The molecular weight excluding hydrogens is 490 g/mol. The number of benzene rings is 1. The van der Waals surface area contributed by atoms with Crippen LogP contribution in [-0.2, 0) is 25.5 Å². The zero-order chi connectivity index (χ0) is 25.6. The molecule has 1 aromatic carbocycles. The van der Waals surface area contributed by atoms with Crippen molar-refractivity contribution >= 4 is 15.7 Å². The maximum absolute atomic E-state index is 13.9. The van der Waals surface area contributed by atoms with Gasteiger partial charge in [0.25, 0.3) is 0 Å². The van der Waals surface area contributed by atoms with Gasteiger partial charge in [-0.3, -0.25) is 9.78 Å². The highest BCUT2D eigenvalue weighted by Crippen LogP contribution is 2.42. The second-order valence-corrected chi connectivity index (χ2v) is 11.0. The number of rotatable bonds is 6. The quantitative estimate of drug-likeness (QED) is 0.593. The normalized spacial score (nSPS) is 23.5. The summed E-state index contributed by atoms with van der Waals surface area (Å²) < 4.78 is 87.0. The second-order valence-electron chi connectivity index (χ2n) is 8.77. The first-order valence-electron chi connectivity index (χ1n) is 10.7. The number of alkyl halides is 3. The van der Waals surface area contributed by atoms with Crippen molar-refractivity contribution in [2.24, 2.45) is 5.92 Å². The minimum atomic E-state index is -5.00. The maximum atomic E-state index is 13.9. The molecule has 1 aromatic heterocycles. The van der Waals surface area contributed by atoms with E-state index < -0.39 is 61.0 Å². The van der Waals surface area contributed by atoms with Gasteiger partial charge in [0.05, 0.1) is 45.7 Å². The summed E-state index contributed by atoms with van der Waals surface area (Å²) in [6, 6.07) is 6.95. The number of amides is 1. The Bertz CT molecular complexity index is 1290. The van der Waals surface area contributed by atoms with Crippen LogP contribution in [0.1, 0.15) is 31.2 Å². The molecule has 2 fully saturated rings. The van der Waals surface area contributed by atoms with E-state index in [1.807, 2.05) is 6.07 Å². The Kier molecular flexibility index (Phi) is 6.36. The smallest absolute Gasteiger partial charge is 0.381 e. The molecule has 3 atom stereocenters. The van der Waals surface area contributed by atoms with Crippen LogP contribution >= 0.6 is 0 Å². The molecule has 0 aliphatic heterocycles. The number of halogens is 4. The van der Waals surface area contributed by atoms with E-state index >= 15 is 0 Å². The predicted molar refractivity (Wildman–Crippen MR) is 115 cm³/mol. The summed E-state index contributed by atoms with van der Waals surface area (Å²) >= 11 is 0. The first kappa shape index (κ1) is 25.1. The lowest BCUT2D eigenvalue weighted by molar-refractivity contribution is -0.139. The Morgan fingerprint density at radius 2 is 1.94 bits per heavy atom. The van der Waals surface area contributed by atoms with Crippen molar-refractivity contribution in [2.75, 3.05) is 7.11 Å². The van der Waals surface area contributed by atoms with Crippen molar-refractivity contribution in [3.05, 3.63) is 47.9 Å². The van der Waals surface area contributed by atoms with E-state index in [1.54, 1.807) is 0 Å². The number of ether oxygens (including phenoxy) is 1. The maximum Gasteiger partial charge on any atom is 0.417 e. The Labute approximate surface area is 199 Å². The molecule has 186 valence electrons. The average molecular weight is 511 g/mol. The van der Waals surface area contributed by atoms with Crippen molar-refractivity contribution in [3.63, 3.8) is 0 Å². The number of carbonyl (C=O) groups is 1. The molecule has 0 spiro atoms. The second kappa shape index (κ2) is 8.87. The molecule has 7 nitrogen and oxygen atoms in total. The fraction of sp³-hybridized carbons (Fsp3) is 0.435. The van der Waals surface area contributed by atoms with Crippen molar-refractivity contribution < 1.29 is 35.5 Å². The highest BCUT2D eigenvalue weighted by atomic mass is 32.2. The van der Waals surface area contributed by atoms with Crippen LogP contribution in [0, 0.1) is 23.1 Å². The van der Waals surface area contributed by atoms with E-state index in [0.717, 1.165) is 18.3 Å². The number of pyridine rings is 1. The van der Waals surface area contributed by atoms with Crippen LogP contribution in [0.3, 0.4) is 0 Å². The summed E-state index contributed by atoms with van der Waals surface area (Å²) in [5.41, 5.74) is -2.32. The van der Waals surface area contributed by atoms with E-state index in [9.17, 15) is 36.0 Å². The summed E-state index contributed by atoms with van der Waals surface area (Å²) in [6.45, 7) is 0. The van der Waals surface area contributed by atoms with Gasteiger partial charge >= 0.3 is 6.18 Å². The number of methoxy groups -OCH3 is 1. The van der Waals surface area contributed by atoms with Crippen LogP contribution in [0.25, 0.3) is 11.3 Å². The van der Waals surface area contributed by atoms with Gasteiger partial charge in [0.2, 0.25) is 5.91 Å². The Morgan fingerprint density at radius 3 is 2.49 bits per heavy atom. The topological polar surface area (TPSA) is 109 Å². The lowest BCUT2D eigenvalue weighted by Gasteiger charge is -2.19. The average Bonchev–Trinajstić information content (AvgIpc) is 3.44. The molecule has 1 N–H and O–H groups in total. The third-order valence-corrected chi connectivity index (χ3v) is 8.71. The number of hydrogen-bond donors (Lipinski definition) is 1. The molecule has 1 heterocycles. The van der Waals surface area contributed by atoms with Gasteiger partial charge in [-0.25, -0.2) is 12.8 Å². The van der Waals surface area contributed by atoms with Gasteiger partial charge in [0.1, 0.15) is 11.4 Å². The minimum absolute atomic E-state index is 0.0269. The fourth-order valence-electron chi connectivity index (χ4n) is 4.35. The summed E-state index contributed by atoms with van der Waals surface area (Å²) in [5, 5.41) is 10.5. The third-order valence-electron chi connectivity index (χ3n) is 6.48.